The minimum absolute atomic E-state index is 0.00400. The molecule has 1 unspecified atom stereocenters. The number of rotatable bonds is 8. The van der Waals surface area contributed by atoms with Gasteiger partial charge in [-0.1, -0.05) is 0 Å². The molecule has 0 aliphatic rings. The molecule has 90 valence electrons. The second-order valence-electron chi connectivity index (χ2n) is 3.48. The molecule has 0 aliphatic heterocycles. The fourth-order valence-electron chi connectivity index (χ4n) is 0.703. The van der Waals surface area contributed by atoms with E-state index in [9.17, 15) is 9.90 Å². The number of hydrogen-bond donors (Lipinski definition) is 3. The molecule has 0 aromatic heterocycles. The Hall–Kier alpha value is -0.690. The zero-order chi connectivity index (χ0) is 11.7. The van der Waals surface area contributed by atoms with Gasteiger partial charge in [0.1, 0.15) is 12.2 Å². The van der Waals surface area contributed by atoms with Crippen molar-refractivity contribution in [3.8, 4) is 0 Å². The minimum atomic E-state index is -1.29. The number of aliphatic hydroxyl groups is 2. The van der Waals surface area contributed by atoms with Crippen molar-refractivity contribution in [1.29, 1.82) is 0 Å². The van der Waals surface area contributed by atoms with Gasteiger partial charge in [-0.25, -0.2) is 0 Å². The third kappa shape index (κ3) is 8.31. The van der Waals surface area contributed by atoms with Crippen molar-refractivity contribution in [1.82, 2.24) is 5.32 Å². The van der Waals surface area contributed by atoms with Crippen molar-refractivity contribution < 1.29 is 24.5 Å². The molecule has 0 radical (unpaired) electrons. The number of nitrogens with one attached hydrogen (secondary N) is 1. The van der Waals surface area contributed by atoms with Crippen molar-refractivity contribution in [3.63, 3.8) is 0 Å². The predicted molar refractivity (Wildman–Crippen MR) is 53.4 cm³/mol. The molecule has 15 heavy (non-hydrogen) atoms. The molecule has 0 rings (SSSR count). The normalized spacial score (nSPS) is 14.7. The third-order valence-corrected chi connectivity index (χ3v) is 1.67. The zero-order valence-corrected chi connectivity index (χ0v) is 9.15. The van der Waals surface area contributed by atoms with Crippen molar-refractivity contribution >= 4 is 5.91 Å². The third-order valence-electron chi connectivity index (χ3n) is 1.67. The molecule has 6 heteroatoms. The van der Waals surface area contributed by atoms with Crippen LogP contribution in [0.5, 0.6) is 0 Å². The van der Waals surface area contributed by atoms with Crippen LogP contribution in [0.2, 0.25) is 0 Å². The van der Waals surface area contributed by atoms with Crippen LogP contribution in [0, 0.1) is 0 Å². The zero-order valence-electron chi connectivity index (χ0n) is 9.15. The predicted octanol–water partition coefficient (Wildman–Crippen LogP) is -1.49. The Labute approximate surface area is 89.2 Å². The molecule has 0 aromatic carbocycles. The van der Waals surface area contributed by atoms with E-state index in [4.69, 9.17) is 14.6 Å². The van der Waals surface area contributed by atoms with Gasteiger partial charge in [0.05, 0.1) is 19.8 Å². The van der Waals surface area contributed by atoms with E-state index in [0.717, 1.165) is 0 Å². The van der Waals surface area contributed by atoms with Gasteiger partial charge < -0.3 is 25.0 Å². The Balaban J connectivity index is 3.49. The minimum Gasteiger partial charge on any atom is -0.393 e. The lowest BCUT2D eigenvalue weighted by molar-refractivity contribution is -0.127. The lowest BCUT2D eigenvalue weighted by atomic mass is 10.1. The highest BCUT2D eigenvalue weighted by atomic mass is 16.5. The quantitative estimate of drug-likeness (QED) is 0.435. The standard InChI is InChI=1S/C9H19NO5/c1-9(13,7-11)6-10-8(12)5-15-4-3-14-2/h11,13H,3-7H2,1-2H3,(H,10,12). The lowest BCUT2D eigenvalue weighted by Crippen LogP contribution is -2.44. The molecule has 0 bridgehead atoms. The van der Waals surface area contributed by atoms with Gasteiger partial charge in [-0.2, -0.15) is 0 Å². The van der Waals surface area contributed by atoms with E-state index in [0.29, 0.717) is 13.2 Å². The number of ether oxygens (including phenoxy) is 2. The van der Waals surface area contributed by atoms with Crippen LogP contribution in [-0.2, 0) is 14.3 Å². The van der Waals surface area contributed by atoms with E-state index in [-0.39, 0.29) is 19.1 Å². The maximum Gasteiger partial charge on any atom is 0.246 e. The van der Waals surface area contributed by atoms with Gasteiger partial charge in [0.25, 0.3) is 0 Å². The smallest absolute Gasteiger partial charge is 0.246 e. The van der Waals surface area contributed by atoms with Crippen molar-refractivity contribution in [2.24, 2.45) is 0 Å². The molecule has 0 saturated heterocycles. The summed E-state index contributed by atoms with van der Waals surface area (Å²) in [5.74, 6) is -0.333. The van der Waals surface area contributed by atoms with Crippen LogP contribution >= 0.6 is 0 Å². The van der Waals surface area contributed by atoms with Crippen LogP contribution in [0.3, 0.4) is 0 Å². The Morgan fingerprint density at radius 1 is 1.47 bits per heavy atom. The van der Waals surface area contributed by atoms with Gasteiger partial charge in [-0.15, -0.1) is 0 Å². The average molecular weight is 221 g/mol. The molecule has 0 aromatic rings. The molecular weight excluding hydrogens is 202 g/mol. The Morgan fingerprint density at radius 3 is 2.67 bits per heavy atom. The largest absolute Gasteiger partial charge is 0.393 e. The van der Waals surface area contributed by atoms with Crippen LogP contribution in [-0.4, -0.2) is 61.8 Å². The fraction of sp³-hybridized carbons (Fsp3) is 0.889. The summed E-state index contributed by atoms with van der Waals surface area (Å²) in [5.41, 5.74) is -1.29. The molecule has 3 N–H and O–H groups in total. The second-order valence-corrected chi connectivity index (χ2v) is 3.48. The molecule has 0 heterocycles. The first-order valence-corrected chi connectivity index (χ1v) is 4.68. The molecule has 0 spiro atoms. The van der Waals surface area contributed by atoms with Crippen LogP contribution < -0.4 is 5.32 Å². The summed E-state index contributed by atoms with van der Waals surface area (Å²) in [6, 6.07) is 0. The molecular formula is C9H19NO5. The molecule has 0 fully saturated rings. The summed E-state index contributed by atoms with van der Waals surface area (Å²) in [6.45, 7) is 1.72. The topological polar surface area (TPSA) is 88.0 Å². The number of aliphatic hydroxyl groups excluding tert-OH is 1. The van der Waals surface area contributed by atoms with E-state index in [2.05, 4.69) is 5.32 Å². The maximum atomic E-state index is 11.1. The second kappa shape index (κ2) is 7.58. The van der Waals surface area contributed by atoms with Crippen molar-refractivity contribution in [2.45, 2.75) is 12.5 Å². The Kier molecular flexibility index (Phi) is 7.23. The fourth-order valence-corrected chi connectivity index (χ4v) is 0.703. The summed E-state index contributed by atoms with van der Waals surface area (Å²) in [7, 11) is 1.54. The Bertz CT molecular complexity index is 183. The van der Waals surface area contributed by atoms with E-state index in [1.165, 1.54) is 6.92 Å². The first-order valence-electron chi connectivity index (χ1n) is 4.68. The lowest BCUT2D eigenvalue weighted by Gasteiger charge is -2.20. The van der Waals surface area contributed by atoms with Crippen molar-refractivity contribution in [3.05, 3.63) is 0 Å². The van der Waals surface area contributed by atoms with Crippen LogP contribution in [0.1, 0.15) is 6.92 Å². The van der Waals surface area contributed by atoms with Crippen LogP contribution in [0.25, 0.3) is 0 Å². The van der Waals surface area contributed by atoms with Gasteiger partial charge in [0.15, 0.2) is 0 Å². The first kappa shape index (κ1) is 14.3. The summed E-state index contributed by atoms with van der Waals surface area (Å²) in [5, 5.41) is 20.5. The van der Waals surface area contributed by atoms with Gasteiger partial charge in [0.2, 0.25) is 5.91 Å². The molecule has 0 saturated carbocycles. The molecule has 6 nitrogen and oxygen atoms in total. The highest BCUT2D eigenvalue weighted by Crippen LogP contribution is 1.97. The summed E-state index contributed by atoms with van der Waals surface area (Å²) < 4.78 is 9.68. The summed E-state index contributed by atoms with van der Waals surface area (Å²) in [6.07, 6.45) is 0. The summed E-state index contributed by atoms with van der Waals surface area (Å²) in [4.78, 5) is 11.1. The van der Waals surface area contributed by atoms with Crippen molar-refractivity contribution in [2.75, 3.05) is 40.1 Å². The Morgan fingerprint density at radius 2 is 2.13 bits per heavy atom. The molecule has 0 aliphatic carbocycles. The number of carbonyl (C=O) groups excluding carboxylic acids is 1. The van der Waals surface area contributed by atoms with Crippen LogP contribution in [0.15, 0.2) is 0 Å². The average Bonchev–Trinajstić information content (AvgIpc) is 2.22. The number of amides is 1. The molecule has 1 amide bonds. The highest BCUT2D eigenvalue weighted by Gasteiger charge is 2.19. The number of methoxy groups -OCH3 is 1. The monoisotopic (exact) mass is 221 g/mol. The van der Waals surface area contributed by atoms with Gasteiger partial charge in [-0.3, -0.25) is 4.79 Å². The molecule has 1 atom stereocenters. The first-order chi connectivity index (χ1) is 7.02. The number of hydrogen-bond acceptors (Lipinski definition) is 5. The number of carbonyl (C=O) groups is 1. The van der Waals surface area contributed by atoms with Gasteiger partial charge >= 0.3 is 0 Å². The van der Waals surface area contributed by atoms with E-state index >= 15 is 0 Å². The van der Waals surface area contributed by atoms with Crippen LogP contribution in [0.4, 0.5) is 0 Å². The van der Waals surface area contributed by atoms with Gasteiger partial charge in [-0.05, 0) is 6.92 Å². The summed E-state index contributed by atoms with van der Waals surface area (Å²) >= 11 is 0. The SMILES string of the molecule is COCCOCC(=O)NCC(C)(O)CO. The van der Waals surface area contributed by atoms with E-state index < -0.39 is 12.2 Å². The highest BCUT2D eigenvalue weighted by molar-refractivity contribution is 5.77. The van der Waals surface area contributed by atoms with E-state index in [1.807, 2.05) is 0 Å². The maximum absolute atomic E-state index is 11.1. The van der Waals surface area contributed by atoms with Gasteiger partial charge in [0, 0.05) is 13.7 Å². The van der Waals surface area contributed by atoms with E-state index in [1.54, 1.807) is 7.11 Å².